The minimum atomic E-state index is -0.828. The highest BCUT2D eigenvalue weighted by atomic mass is 16.6. The first kappa shape index (κ1) is 17.5. The van der Waals surface area contributed by atoms with Gasteiger partial charge in [-0.1, -0.05) is 54.6 Å². The summed E-state index contributed by atoms with van der Waals surface area (Å²) in [4.78, 5) is 24.9. The largest absolute Gasteiger partial charge is 0.510 e. The number of ether oxygens (including phenoxy) is 1. The van der Waals surface area contributed by atoms with Gasteiger partial charge in [0.15, 0.2) is 6.10 Å². The Balaban J connectivity index is 1.49. The van der Waals surface area contributed by atoms with Gasteiger partial charge in [0.1, 0.15) is 11.3 Å². The number of aliphatic hydroxyl groups is 1. The van der Waals surface area contributed by atoms with Gasteiger partial charge < -0.3 is 15.2 Å². The lowest BCUT2D eigenvalue weighted by atomic mass is 9.92. The van der Waals surface area contributed by atoms with Crippen molar-refractivity contribution in [3.05, 3.63) is 82.6 Å². The van der Waals surface area contributed by atoms with Crippen molar-refractivity contribution in [2.24, 2.45) is 0 Å². The molecule has 2 aromatic carbocycles. The molecule has 5 heteroatoms. The van der Waals surface area contributed by atoms with Gasteiger partial charge in [0.25, 0.3) is 0 Å². The number of hydrogen-bond acceptors (Lipinski definition) is 5. The van der Waals surface area contributed by atoms with Gasteiger partial charge in [-0.3, -0.25) is 4.79 Å². The maximum atomic E-state index is 12.7. The van der Waals surface area contributed by atoms with Gasteiger partial charge in [-0.05, 0) is 36.0 Å². The van der Waals surface area contributed by atoms with Crippen LogP contribution in [0.3, 0.4) is 0 Å². The van der Waals surface area contributed by atoms with E-state index in [2.05, 4.69) is 5.32 Å². The van der Waals surface area contributed by atoms with E-state index in [4.69, 9.17) is 4.74 Å². The molecule has 5 nitrogen and oxygen atoms in total. The molecule has 138 valence electrons. The molecule has 27 heavy (non-hydrogen) atoms. The van der Waals surface area contributed by atoms with Crippen molar-refractivity contribution < 1.29 is 19.4 Å². The highest BCUT2D eigenvalue weighted by Gasteiger charge is 2.42. The zero-order valence-corrected chi connectivity index (χ0v) is 14.9. The Labute approximate surface area is 157 Å². The second kappa shape index (κ2) is 7.37. The fraction of sp³-hybridized carbons (Fsp3) is 0.273. The number of carbonyl (C=O) groups excluding carboxylic acids is 2. The van der Waals surface area contributed by atoms with E-state index in [1.165, 1.54) is 0 Å². The molecule has 0 radical (unpaired) electrons. The van der Waals surface area contributed by atoms with Crippen LogP contribution in [0, 0.1) is 0 Å². The molecule has 2 heterocycles. The maximum absolute atomic E-state index is 12.7. The lowest BCUT2D eigenvalue weighted by molar-refractivity contribution is -0.141. The van der Waals surface area contributed by atoms with E-state index in [9.17, 15) is 14.7 Å². The first-order valence-electron chi connectivity index (χ1n) is 9.16. The summed E-state index contributed by atoms with van der Waals surface area (Å²) in [5.74, 6) is -1.35. The second-order valence-corrected chi connectivity index (χ2v) is 6.95. The molecular weight excluding hydrogens is 342 g/mol. The Bertz CT molecular complexity index is 904. The van der Waals surface area contributed by atoms with Crippen LogP contribution in [0.25, 0.3) is 0 Å². The molecular formula is C22H21NO4. The average Bonchev–Trinajstić information content (AvgIpc) is 2.99. The number of hydrogen-bond donors (Lipinski definition) is 2. The van der Waals surface area contributed by atoms with Crippen LogP contribution in [-0.4, -0.2) is 29.0 Å². The molecule has 0 bridgehead atoms. The van der Waals surface area contributed by atoms with E-state index in [0.29, 0.717) is 25.8 Å². The summed E-state index contributed by atoms with van der Waals surface area (Å²) in [7, 11) is 0. The summed E-state index contributed by atoms with van der Waals surface area (Å²) in [5.41, 5.74) is 3.14. The number of fused-ring (bicyclic) bond motifs is 1. The van der Waals surface area contributed by atoms with E-state index in [1.807, 2.05) is 54.6 Å². The van der Waals surface area contributed by atoms with Gasteiger partial charge >= 0.3 is 5.97 Å². The molecule has 0 aliphatic carbocycles. The van der Waals surface area contributed by atoms with Crippen LogP contribution in [0.2, 0.25) is 0 Å². The zero-order chi connectivity index (χ0) is 18.8. The number of nitrogens with one attached hydrogen (secondary N) is 1. The summed E-state index contributed by atoms with van der Waals surface area (Å²) < 4.78 is 5.26. The summed E-state index contributed by atoms with van der Waals surface area (Å²) in [6.45, 7) is 0.582. The molecule has 2 aliphatic heterocycles. The topological polar surface area (TPSA) is 75.6 Å². The molecule has 2 aromatic rings. The number of rotatable bonds is 4. The van der Waals surface area contributed by atoms with Crippen LogP contribution in [-0.2, 0) is 33.7 Å². The standard InChI is InChI=1S/C22H21NO4/c24-20(17-12-15-8-4-5-9-16(15)13-23-17)19-21(25)18(27-22(19)26)11-10-14-6-2-1-3-7-14/h1-9,17-18,23-24H,10-13H2/t17-,18+/m0/s1. The minimum absolute atomic E-state index is 0.204. The van der Waals surface area contributed by atoms with Crippen molar-refractivity contribution in [2.75, 3.05) is 0 Å². The molecule has 2 atom stereocenters. The Morgan fingerprint density at radius 3 is 2.52 bits per heavy atom. The number of esters is 1. The molecule has 2 N–H and O–H groups in total. The van der Waals surface area contributed by atoms with Crippen LogP contribution in [0.4, 0.5) is 0 Å². The SMILES string of the molecule is O=C1O[C@H](CCc2ccccc2)C(=O)C1=C(O)[C@@H]1Cc2ccccc2CN1. The monoisotopic (exact) mass is 363 g/mol. The van der Waals surface area contributed by atoms with Crippen LogP contribution in [0.15, 0.2) is 65.9 Å². The molecule has 1 saturated heterocycles. The van der Waals surface area contributed by atoms with Crippen molar-refractivity contribution in [2.45, 2.75) is 38.0 Å². The van der Waals surface area contributed by atoms with Crippen molar-refractivity contribution in [1.82, 2.24) is 5.32 Å². The normalized spacial score (nSPS) is 23.7. The highest BCUT2D eigenvalue weighted by molar-refractivity contribution is 6.23. The molecule has 0 aromatic heterocycles. The quantitative estimate of drug-likeness (QED) is 0.378. The smallest absolute Gasteiger partial charge is 0.346 e. The predicted octanol–water partition coefficient (Wildman–Crippen LogP) is 2.64. The first-order valence-corrected chi connectivity index (χ1v) is 9.16. The maximum Gasteiger partial charge on any atom is 0.346 e. The number of Topliss-reactive ketones (excluding diaryl/α,β-unsaturated/α-hetero) is 1. The Morgan fingerprint density at radius 2 is 1.74 bits per heavy atom. The fourth-order valence-electron chi connectivity index (χ4n) is 3.69. The summed E-state index contributed by atoms with van der Waals surface area (Å²) in [6.07, 6.45) is 0.742. The van der Waals surface area contributed by atoms with Gasteiger partial charge in [-0.15, -0.1) is 0 Å². The average molecular weight is 363 g/mol. The summed E-state index contributed by atoms with van der Waals surface area (Å²) in [6, 6.07) is 17.2. The Hall–Kier alpha value is -2.92. The number of aliphatic hydroxyl groups excluding tert-OH is 1. The van der Waals surface area contributed by atoms with Crippen molar-refractivity contribution >= 4 is 11.8 Å². The van der Waals surface area contributed by atoms with Crippen molar-refractivity contribution in [3.63, 3.8) is 0 Å². The van der Waals surface area contributed by atoms with Crippen LogP contribution < -0.4 is 5.32 Å². The van der Waals surface area contributed by atoms with E-state index in [0.717, 1.165) is 16.7 Å². The van der Waals surface area contributed by atoms with Gasteiger partial charge in [0.2, 0.25) is 5.78 Å². The molecule has 0 unspecified atom stereocenters. The number of ketones is 1. The van der Waals surface area contributed by atoms with E-state index in [1.54, 1.807) is 0 Å². The Morgan fingerprint density at radius 1 is 1.04 bits per heavy atom. The molecule has 0 saturated carbocycles. The third kappa shape index (κ3) is 3.51. The van der Waals surface area contributed by atoms with Gasteiger partial charge in [0.05, 0.1) is 6.04 Å². The van der Waals surface area contributed by atoms with Gasteiger partial charge in [0, 0.05) is 6.54 Å². The van der Waals surface area contributed by atoms with E-state index >= 15 is 0 Å². The lowest BCUT2D eigenvalue weighted by Crippen LogP contribution is -2.38. The number of aryl methyl sites for hydroxylation is 1. The summed E-state index contributed by atoms with van der Waals surface area (Å²) >= 11 is 0. The van der Waals surface area contributed by atoms with Crippen LogP contribution in [0.1, 0.15) is 23.1 Å². The van der Waals surface area contributed by atoms with E-state index < -0.39 is 23.9 Å². The second-order valence-electron chi connectivity index (χ2n) is 6.95. The molecule has 1 fully saturated rings. The molecule has 2 aliphatic rings. The predicted molar refractivity (Wildman–Crippen MR) is 100 cm³/mol. The van der Waals surface area contributed by atoms with Crippen molar-refractivity contribution in [3.8, 4) is 0 Å². The minimum Gasteiger partial charge on any atom is -0.510 e. The Kier molecular flexibility index (Phi) is 4.77. The zero-order valence-electron chi connectivity index (χ0n) is 14.9. The fourth-order valence-corrected chi connectivity index (χ4v) is 3.69. The third-order valence-corrected chi connectivity index (χ3v) is 5.20. The number of cyclic esters (lactones) is 1. The van der Waals surface area contributed by atoms with Crippen LogP contribution >= 0.6 is 0 Å². The number of carbonyl (C=O) groups is 2. The van der Waals surface area contributed by atoms with E-state index in [-0.39, 0.29) is 11.3 Å². The van der Waals surface area contributed by atoms with Crippen LogP contribution in [0.5, 0.6) is 0 Å². The van der Waals surface area contributed by atoms with Gasteiger partial charge in [-0.2, -0.15) is 0 Å². The highest BCUT2D eigenvalue weighted by Crippen LogP contribution is 2.27. The molecule has 0 amide bonds. The van der Waals surface area contributed by atoms with Gasteiger partial charge in [-0.25, -0.2) is 4.79 Å². The lowest BCUT2D eigenvalue weighted by Gasteiger charge is -2.26. The van der Waals surface area contributed by atoms with Crippen molar-refractivity contribution in [1.29, 1.82) is 0 Å². The first-order chi connectivity index (χ1) is 13.1. The third-order valence-electron chi connectivity index (χ3n) is 5.20. The molecule has 4 rings (SSSR count). The molecule has 0 spiro atoms. The summed E-state index contributed by atoms with van der Waals surface area (Å²) in [5, 5.41) is 13.8. The number of benzene rings is 2.